The smallest absolute Gasteiger partial charge is 0.260 e. The number of nitrogens with two attached hydrogens (primary N) is 1. The third kappa shape index (κ3) is 3.15. The topological polar surface area (TPSA) is 55.6 Å². The molecule has 2 N–H and O–H groups in total. The maximum atomic E-state index is 11.9. The predicted octanol–water partition coefficient (Wildman–Crippen LogP) is 1.90. The summed E-state index contributed by atoms with van der Waals surface area (Å²) in [6.07, 6.45) is 2.47. The third-order valence-electron chi connectivity index (χ3n) is 3.55. The van der Waals surface area contributed by atoms with Gasteiger partial charge in [-0.25, -0.2) is 0 Å². The average molecular weight is 248 g/mol. The first-order valence-electron chi connectivity index (χ1n) is 6.32. The zero-order valence-corrected chi connectivity index (χ0v) is 10.9. The van der Waals surface area contributed by atoms with Crippen LogP contribution in [-0.2, 0) is 4.79 Å². The summed E-state index contributed by atoms with van der Waals surface area (Å²) in [7, 11) is 1.84. The van der Waals surface area contributed by atoms with Crippen molar-refractivity contribution in [3.05, 3.63) is 24.3 Å². The number of rotatable bonds is 5. The van der Waals surface area contributed by atoms with Gasteiger partial charge in [-0.15, -0.1) is 0 Å². The molecule has 1 amide bonds. The summed E-state index contributed by atoms with van der Waals surface area (Å²) in [5.74, 6) is 1.37. The molecule has 1 aromatic carbocycles. The second kappa shape index (κ2) is 5.29. The standard InChI is InChI=1S/C14H20N2O2/c1-10(11-3-4-11)16(2)14(17)9-18-13-7-5-12(15)6-8-13/h5-8,10-11H,3-4,9,15H2,1-2H3. The molecule has 1 aromatic rings. The molecule has 0 heterocycles. The number of anilines is 1. The van der Waals surface area contributed by atoms with Crippen molar-refractivity contribution in [2.75, 3.05) is 19.4 Å². The molecule has 0 saturated heterocycles. The fourth-order valence-electron chi connectivity index (χ4n) is 1.93. The van der Waals surface area contributed by atoms with Gasteiger partial charge in [0.15, 0.2) is 6.61 Å². The van der Waals surface area contributed by atoms with E-state index in [2.05, 4.69) is 6.92 Å². The van der Waals surface area contributed by atoms with E-state index >= 15 is 0 Å². The van der Waals surface area contributed by atoms with Crippen molar-refractivity contribution in [1.82, 2.24) is 4.90 Å². The van der Waals surface area contributed by atoms with Gasteiger partial charge in [0.2, 0.25) is 0 Å². The SMILES string of the molecule is CC(C1CC1)N(C)C(=O)COc1ccc(N)cc1. The van der Waals surface area contributed by atoms with Gasteiger partial charge in [-0.2, -0.15) is 0 Å². The first-order chi connectivity index (χ1) is 8.58. The van der Waals surface area contributed by atoms with E-state index in [1.165, 1.54) is 12.8 Å². The van der Waals surface area contributed by atoms with Crippen molar-refractivity contribution >= 4 is 11.6 Å². The number of carbonyl (C=O) groups is 1. The van der Waals surface area contributed by atoms with Crippen LogP contribution in [0.5, 0.6) is 5.75 Å². The van der Waals surface area contributed by atoms with Gasteiger partial charge in [-0.05, 0) is 49.9 Å². The number of hydrogen-bond donors (Lipinski definition) is 1. The molecule has 0 spiro atoms. The van der Waals surface area contributed by atoms with Gasteiger partial charge in [0, 0.05) is 18.8 Å². The highest BCUT2D eigenvalue weighted by molar-refractivity contribution is 5.77. The molecule has 98 valence electrons. The molecule has 1 aliphatic carbocycles. The van der Waals surface area contributed by atoms with Gasteiger partial charge in [0.25, 0.3) is 5.91 Å². The second-order valence-corrected chi connectivity index (χ2v) is 4.94. The van der Waals surface area contributed by atoms with Crippen LogP contribution in [0.15, 0.2) is 24.3 Å². The van der Waals surface area contributed by atoms with E-state index < -0.39 is 0 Å². The molecule has 4 nitrogen and oxygen atoms in total. The van der Waals surface area contributed by atoms with E-state index in [1.54, 1.807) is 29.2 Å². The molecule has 1 unspecified atom stereocenters. The molecule has 0 radical (unpaired) electrons. The molecule has 0 aliphatic heterocycles. The maximum absolute atomic E-state index is 11.9. The maximum Gasteiger partial charge on any atom is 0.260 e. The fraction of sp³-hybridized carbons (Fsp3) is 0.500. The van der Waals surface area contributed by atoms with Crippen LogP contribution in [0, 0.1) is 5.92 Å². The van der Waals surface area contributed by atoms with Crippen molar-refractivity contribution in [3.63, 3.8) is 0 Å². The van der Waals surface area contributed by atoms with E-state index in [0.717, 1.165) is 0 Å². The average Bonchev–Trinajstić information content (AvgIpc) is 3.20. The highest BCUT2D eigenvalue weighted by atomic mass is 16.5. The first-order valence-corrected chi connectivity index (χ1v) is 6.32. The molecule has 1 saturated carbocycles. The highest BCUT2D eigenvalue weighted by Crippen LogP contribution is 2.34. The second-order valence-electron chi connectivity index (χ2n) is 4.94. The number of benzene rings is 1. The Balaban J connectivity index is 1.81. The van der Waals surface area contributed by atoms with Gasteiger partial charge in [-0.3, -0.25) is 4.79 Å². The van der Waals surface area contributed by atoms with Gasteiger partial charge < -0.3 is 15.4 Å². The van der Waals surface area contributed by atoms with Crippen LogP contribution in [0.3, 0.4) is 0 Å². The Hall–Kier alpha value is -1.71. The van der Waals surface area contributed by atoms with Crippen LogP contribution in [-0.4, -0.2) is 30.5 Å². The van der Waals surface area contributed by atoms with Crippen LogP contribution >= 0.6 is 0 Å². The normalized spacial score (nSPS) is 16.1. The fourth-order valence-corrected chi connectivity index (χ4v) is 1.93. The summed E-state index contributed by atoms with van der Waals surface area (Å²) in [5, 5.41) is 0. The lowest BCUT2D eigenvalue weighted by Crippen LogP contribution is -2.39. The van der Waals surface area contributed by atoms with Crippen molar-refractivity contribution in [2.45, 2.75) is 25.8 Å². The Morgan fingerprint density at radius 2 is 2.06 bits per heavy atom. The molecule has 1 fully saturated rings. The van der Waals surface area contributed by atoms with Crippen LogP contribution in [0.2, 0.25) is 0 Å². The lowest BCUT2D eigenvalue weighted by molar-refractivity contribution is -0.134. The number of nitrogens with zero attached hydrogens (tertiary/aromatic N) is 1. The zero-order valence-electron chi connectivity index (χ0n) is 10.9. The summed E-state index contributed by atoms with van der Waals surface area (Å²) in [6.45, 7) is 2.18. The van der Waals surface area contributed by atoms with Gasteiger partial charge >= 0.3 is 0 Å². The van der Waals surface area contributed by atoms with Crippen LogP contribution in [0.1, 0.15) is 19.8 Å². The van der Waals surface area contributed by atoms with E-state index in [0.29, 0.717) is 23.4 Å². The number of likely N-dealkylation sites (N-methyl/N-ethyl adjacent to an activating group) is 1. The molecular weight excluding hydrogens is 228 g/mol. The zero-order chi connectivity index (χ0) is 13.1. The van der Waals surface area contributed by atoms with Crippen LogP contribution in [0.4, 0.5) is 5.69 Å². The summed E-state index contributed by atoms with van der Waals surface area (Å²) < 4.78 is 5.45. The Kier molecular flexibility index (Phi) is 3.75. The molecule has 0 bridgehead atoms. The van der Waals surface area contributed by atoms with E-state index in [-0.39, 0.29) is 12.5 Å². The summed E-state index contributed by atoms with van der Waals surface area (Å²) in [5.41, 5.74) is 6.27. The minimum absolute atomic E-state index is 0.0197. The van der Waals surface area contributed by atoms with Gasteiger partial charge in [0.1, 0.15) is 5.75 Å². The summed E-state index contributed by atoms with van der Waals surface area (Å²) in [4.78, 5) is 13.7. The molecule has 4 heteroatoms. The Morgan fingerprint density at radius 1 is 1.44 bits per heavy atom. The van der Waals surface area contributed by atoms with Gasteiger partial charge in [0.05, 0.1) is 0 Å². The molecule has 0 aromatic heterocycles. The number of amides is 1. The number of nitrogen functional groups attached to an aromatic ring is 1. The van der Waals surface area contributed by atoms with E-state index in [9.17, 15) is 4.79 Å². The summed E-state index contributed by atoms with van der Waals surface area (Å²) >= 11 is 0. The monoisotopic (exact) mass is 248 g/mol. The number of hydrogen-bond acceptors (Lipinski definition) is 3. The minimum Gasteiger partial charge on any atom is -0.484 e. The lowest BCUT2D eigenvalue weighted by Gasteiger charge is -2.24. The van der Waals surface area contributed by atoms with Crippen LogP contribution in [0.25, 0.3) is 0 Å². The Bertz CT molecular complexity index is 412. The van der Waals surface area contributed by atoms with Crippen molar-refractivity contribution in [2.24, 2.45) is 5.92 Å². The van der Waals surface area contributed by atoms with Crippen molar-refractivity contribution in [3.8, 4) is 5.75 Å². The van der Waals surface area contributed by atoms with E-state index in [4.69, 9.17) is 10.5 Å². The Morgan fingerprint density at radius 3 is 2.61 bits per heavy atom. The predicted molar refractivity (Wildman–Crippen MR) is 71.3 cm³/mol. The number of ether oxygens (including phenoxy) is 1. The lowest BCUT2D eigenvalue weighted by atomic mass is 10.2. The van der Waals surface area contributed by atoms with Crippen LogP contribution < -0.4 is 10.5 Å². The summed E-state index contributed by atoms with van der Waals surface area (Å²) in [6, 6.07) is 7.37. The highest BCUT2D eigenvalue weighted by Gasteiger charge is 2.32. The number of carbonyl (C=O) groups excluding carboxylic acids is 1. The Labute approximate surface area is 108 Å². The first kappa shape index (κ1) is 12.7. The van der Waals surface area contributed by atoms with E-state index in [1.807, 2.05) is 7.05 Å². The van der Waals surface area contributed by atoms with Gasteiger partial charge in [-0.1, -0.05) is 0 Å². The molecule has 1 aliphatic rings. The molecule has 18 heavy (non-hydrogen) atoms. The molecular formula is C14H20N2O2. The quantitative estimate of drug-likeness (QED) is 0.810. The molecule has 2 rings (SSSR count). The molecule has 1 atom stereocenters. The van der Waals surface area contributed by atoms with Crippen molar-refractivity contribution in [1.29, 1.82) is 0 Å². The third-order valence-corrected chi connectivity index (χ3v) is 3.55. The minimum atomic E-state index is 0.0197. The largest absolute Gasteiger partial charge is 0.484 e. The van der Waals surface area contributed by atoms with Crippen molar-refractivity contribution < 1.29 is 9.53 Å².